The van der Waals surface area contributed by atoms with Gasteiger partial charge in [0.15, 0.2) is 0 Å². The van der Waals surface area contributed by atoms with Crippen LogP contribution in [-0.4, -0.2) is 17.1 Å². The number of nitriles is 1. The summed E-state index contributed by atoms with van der Waals surface area (Å²) in [7, 11) is 0. The second-order valence-electron chi connectivity index (χ2n) is 7.58. The predicted octanol–water partition coefficient (Wildman–Crippen LogP) is 6.37. The molecular formula is C26H19Cl2N3O2S. The number of nitrogens with zero attached hydrogens (tertiary/aromatic N) is 2. The zero-order valence-electron chi connectivity index (χ0n) is 18.1. The Morgan fingerprint density at radius 2 is 1.68 bits per heavy atom. The van der Waals surface area contributed by atoms with Gasteiger partial charge in [0.05, 0.1) is 10.9 Å². The number of nitrogens with one attached hydrogen (secondary N) is 1. The number of carbonyl (C=O) groups excluding carboxylic acids is 2. The molecule has 0 radical (unpaired) electrons. The number of thioether (sulfide) groups is 1. The van der Waals surface area contributed by atoms with E-state index in [2.05, 4.69) is 5.32 Å². The molecule has 5 nitrogen and oxygen atoms in total. The summed E-state index contributed by atoms with van der Waals surface area (Å²) < 4.78 is 0. The standard InChI is InChI=1S/C26H19Cl2N3O2S/c1-16-8-5-6-13-22(16)31-25(33)23(14-18-20(27)11-7-12-21(18)28)34-26(31)19(15-29)24(32)30-17-9-3-2-4-10-17/h2-13,23H,14H2,1H3,(H,30,32)/b26-19+/t23-/m1/s1. The van der Waals surface area contributed by atoms with E-state index in [9.17, 15) is 14.9 Å². The van der Waals surface area contributed by atoms with Gasteiger partial charge in [-0.3, -0.25) is 14.5 Å². The summed E-state index contributed by atoms with van der Waals surface area (Å²) in [5.41, 5.74) is 2.51. The van der Waals surface area contributed by atoms with Gasteiger partial charge in [0.2, 0.25) is 5.91 Å². The van der Waals surface area contributed by atoms with Crippen molar-refractivity contribution in [2.75, 3.05) is 10.2 Å². The molecule has 0 bridgehead atoms. The highest BCUT2D eigenvalue weighted by molar-refractivity contribution is 8.05. The van der Waals surface area contributed by atoms with Crippen LogP contribution in [0.15, 0.2) is 83.4 Å². The minimum absolute atomic E-state index is 0.141. The smallest absolute Gasteiger partial charge is 0.269 e. The second kappa shape index (κ2) is 10.4. The maximum absolute atomic E-state index is 13.6. The van der Waals surface area contributed by atoms with Crippen LogP contribution in [0.1, 0.15) is 11.1 Å². The minimum atomic E-state index is -0.611. The van der Waals surface area contributed by atoms with Crippen LogP contribution in [0.2, 0.25) is 10.0 Å². The summed E-state index contributed by atoms with van der Waals surface area (Å²) in [6.07, 6.45) is 0.257. The van der Waals surface area contributed by atoms with Crippen LogP contribution in [0.3, 0.4) is 0 Å². The third kappa shape index (κ3) is 4.83. The monoisotopic (exact) mass is 507 g/mol. The van der Waals surface area contributed by atoms with Gasteiger partial charge in [-0.1, -0.05) is 77.4 Å². The maximum atomic E-state index is 13.6. The van der Waals surface area contributed by atoms with Crippen molar-refractivity contribution in [3.05, 3.63) is 105 Å². The van der Waals surface area contributed by atoms with Gasteiger partial charge >= 0.3 is 0 Å². The number of para-hydroxylation sites is 2. The number of amides is 2. The largest absolute Gasteiger partial charge is 0.321 e. The topological polar surface area (TPSA) is 73.2 Å². The van der Waals surface area contributed by atoms with Gasteiger partial charge in [0.1, 0.15) is 16.7 Å². The third-order valence-electron chi connectivity index (χ3n) is 5.34. The van der Waals surface area contributed by atoms with Gasteiger partial charge in [-0.05, 0) is 54.8 Å². The lowest BCUT2D eigenvalue weighted by Crippen LogP contribution is -2.31. The molecule has 1 N–H and O–H groups in total. The fraction of sp³-hybridized carbons (Fsp3) is 0.115. The third-order valence-corrected chi connectivity index (χ3v) is 7.32. The van der Waals surface area contributed by atoms with Gasteiger partial charge in [-0.25, -0.2) is 0 Å². The van der Waals surface area contributed by atoms with Crippen molar-refractivity contribution in [3.63, 3.8) is 0 Å². The Kier molecular flexibility index (Phi) is 7.28. The van der Waals surface area contributed by atoms with E-state index in [-0.39, 0.29) is 22.9 Å². The van der Waals surface area contributed by atoms with E-state index >= 15 is 0 Å². The molecule has 0 aromatic heterocycles. The summed E-state index contributed by atoms with van der Waals surface area (Å²) in [6.45, 7) is 1.87. The fourth-order valence-corrected chi connectivity index (χ4v) is 5.47. The number of anilines is 2. The number of hydrogen-bond acceptors (Lipinski definition) is 4. The Morgan fingerprint density at radius 3 is 2.32 bits per heavy atom. The first-order chi connectivity index (χ1) is 16.4. The maximum Gasteiger partial charge on any atom is 0.269 e. The van der Waals surface area contributed by atoms with E-state index in [0.717, 1.165) is 5.56 Å². The first-order valence-corrected chi connectivity index (χ1v) is 12.0. The van der Waals surface area contributed by atoms with Crippen LogP contribution in [0, 0.1) is 18.3 Å². The Balaban J connectivity index is 1.78. The first-order valence-electron chi connectivity index (χ1n) is 10.4. The lowest BCUT2D eigenvalue weighted by atomic mass is 10.1. The molecule has 0 saturated carbocycles. The van der Waals surface area contributed by atoms with Crippen molar-refractivity contribution in [2.45, 2.75) is 18.6 Å². The highest BCUT2D eigenvalue weighted by Crippen LogP contribution is 2.44. The molecule has 0 unspecified atom stereocenters. The lowest BCUT2D eigenvalue weighted by Gasteiger charge is -2.20. The summed E-state index contributed by atoms with van der Waals surface area (Å²) in [5.74, 6) is -0.829. The normalized spacial score (nSPS) is 16.8. The average Bonchev–Trinajstić information content (AvgIpc) is 3.13. The SMILES string of the molecule is Cc1ccccc1N1C(=O)[C@@H](Cc2c(Cl)cccc2Cl)S/C1=C(\C#N)C(=O)Nc1ccccc1. The number of hydrogen-bond donors (Lipinski definition) is 1. The number of carbonyl (C=O) groups is 2. The molecule has 1 aliphatic rings. The van der Waals surface area contributed by atoms with Crippen LogP contribution in [-0.2, 0) is 16.0 Å². The van der Waals surface area contributed by atoms with Crippen molar-refractivity contribution in [2.24, 2.45) is 0 Å². The Bertz CT molecular complexity index is 1320. The molecule has 8 heteroatoms. The quantitative estimate of drug-likeness (QED) is 0.321. The van der Waals surface area contributed by atoms with Gasteiger partial charge in [0, 0.05) is 15.7 Å². The van der Waals surface area contributed by atoms with Crippen molar-refractivity contribution in [1.82, 2.24) is 0 Å². The summed E-state index contributed by atoms with van der Waals surface area (Å²) in [4.78, 5) is 28.2. The number of benzene rings is 3. The number of rotatable bonds is 5. The summed E-state index contributed by atoms with van der Waals surface area (Å²) >= 11 is 13.9. The molecule has 3 aromatic carbocycles. The first kappa shape index (κ1) is 23.9. The average molecular weight is 508 g/mol. The number of halogens is 2. The highest BCUT2D eigenvalue weighted by Gasteiger charge is 2.41. The Hall–Kier alpha value is -3.24. The van der Waals surface area contributed by atoms with E-state index in [1.807, 2.05) is 37.3 Å². The van der Waals surface area contributed by atoms with Gasteiger partial charge in [-0.15, -0.1) is 0 Å². The summed E-state index contributed by atoms with van der Waals surface area (Å²) in [6, 6.07) is 23.4. The molecular weight excluding hydrogens is 489 g/mol. The molecule has 1 heterocycles. The molecule has 0 aliphatic carbocycles. The van der Waals surface area contributed by atoms with Crippen molar-refractivity contribution in [1.29, 1.82) is 5.26 Å². The van der Waals surface area contributed by atoms with E-state index in [1.54, 1.807) is 48.5 Å². The fourth-order valence-electron chi connectivity index (χ4n) is 3.65. The molecule has 3 aromatic rings. The summed E-state index contributed by atoms with van der Waals surface area (Å²) in [5, 5.41) is 13.3. The molecule has 1 atom stereocenters. The number of aryl methyl sites for hydroxylation is 1. The Morgan fingerprint density at radius 1 is 1.03 bits per heavy atom. The molecule has 2 amide bonds. The molecule has 1 fully saturated rings. The van der Waals surface area contributed by atoms with Crippen LogP contribution < -0.4 is 10.2 Å². The van der Waals surface area contributed by atoms with E-state index in [4.69, 9.17) is 23.2 Å². The van der Waals surface area contributed by atoms with Crippen LogP contribution in [0.5, 0.6) is 0 Å². The van der Waals surface area contributed by atoms with E-state index in [1.165, 1.54) is 16.7 Å². The predicted molar refractivity (Wildman–Crippen MR) is 138 cm³/mol. The lowest BCUT2D eigenvalue weighted by molar-refractivity contribution is -0.117. The van der Waals surface area contributed by atoms with Crippen LogP contribution in [0.4, 0.5) is 11.4 Å². The highest BCUT2D eigenvalue weighted by atomic mass is 35.5. The van der Waals surface area contributed by atoms with Crippen LogP contribution >= 0.6 is 35.0 Å². The molecule has 170 valence electrons. The minimum Gasteiger partial charge on any atom is -0.321 e. The molecule has 0 spiro atoms. The van der Waals surface area contributed by atoms with Crippen molar-refractivity contribution in [3.8, 4) is 6.07 Å². The zero-order chi connectivity index (χ0) is 24.2. The van der Waals surface area contributed by atoms with Crippen LogP contribution in [0.25, 0.3) is 0 Å². The zero-order valence-corrected chi connectivity index (χ0v) is 20.4. The van der Waals surface area contributed by atoms with Gasteiger partial charge in [0.25, 0.3) is 5.91 Å². The van der Waals surface area contributed by atoms with Crippen molar-refractivity contribution < 1.29 is 9.59 Å². The molecule has 34 heavy (non-hydrogen) atoms. The van der Waals surface area contributed by atoms with Gasteiger partial charge in [-0.2, -0.15) is 5.26 Å². The van der Waals surface area contributed by atoms with Gasteiger partial charge < -0.3 is 5.32 Å². The molecule has 1 aliphatic heterocycles. The van der Waals surface area contributed by atoms with E-state index in [0.29, 0.717) is 27.0 Å². The Labute approximate surface area is 212 Å². The second-order valence-corrected chi connectivity index (χ2v) is 9.59. The van der Waals surface area contributed by atoms with E-state index < -0.39 is 11.2 Å². The molecule has 1 saturated heterocycles. The van der Waals surface area contributed by atoms with Crippen molar-refractivity contribution >= 4 is 58.2 Å². The molecule has 4 rings (SSSR count).